The van der Waals surface area contributed by atoms with Crippen molar-refractivity contribution < 1.29 is 4.74 Å². The maximum absolute atomic E-state index is 6.42. The minimum absolute atomic E-state index is 0.124. The van der Waals surface area contributed by atoms with Crippen LogP contribution < -0.4 is 10.5 Å². The minimum Gasteiger partial charge on any atom is -0.497 e. The third-order valence-electron chi connectivity index (χ3n) is 3.93. The Bertz CT molecular complexity index is 765. The third kappa shape index (κ3) is 2.70. The Hall–Kier alpha value is -2.33. The predicted molar refractivity (Wildman–Crippen MR) is 89.0 cm³/mol. The third-order valence-corrected chi connectivity index (χ3v) is 3.93. The van der Waals surface area contributed by atoms with Gasteiger partial charge in [0.15, 0.2) is 0 Å². The summed E-state index contributed by atoms with van der Waals surface area (Å²) in [6.45, 7) is 2.96. The van der Waals surface area contributed by atoms with Gasteiger partial charge in [-0.15, -0.1) is 0 Å². The number of ether oxygens (including phenoxy) is 1. The first-order valence-corrected chi connectivity index (χ1v) is 7.56. The van der Waals surface area contributed by atoms with Gasteiger partial charge >= 0.3 is 0 Å². The van der Waals surface area contributed by atoms with E-state index in [0.717, 1.165) is 35.6 Å². The molecule has 0 aliphatic carbocycles. The topological polar surface area (TPSA) is 53.1 Å². The summed E-state index contributed by atoms with van der Waals surface area (Å²) < 4.78 is 7.46. The molecule has 1 unspecified atom stereocenters. The predicted octanol–water partition coefficient (Wildman–Crippen LogP) is 3.31. The summed E-state index contributed by atoms with van der Waals surface area (Å²) in [6, 6.07) is 16.1. The van der Waals surface area contributed by atoms with E-state index < -0.39 is 0 Å². The Morgan fingerprint density at radius 2 is 1.95 bits per heavy atom. The molecule has 1 atom stereocenters. The van der Waals surface area contributed by atoms with Gasteiger partial charge in [-0.2, -0.15) is 0 Å². The van der Waals surface area contributed by atoms with Gasteiger partial charge < -0.3 is 15.0 Å². The highest BCUT2D eigenvalue weighted by Crippen LogP contribution is 2.25. The van der Waals surface area contributed by atoms with E-state index in [4.69, 9.17) is 15.5 Å². The van der Waals surface area contributed by atoms with Crippen LogP contribution in [0, 0.1) is 0 Å². The summed E-state index contributed by atoms with van der Waals surface area (Å²) in [5.41, 5.74) is 9.68. The molecule has 0 spiro atoms. The molecule has 0 aliphatic rings. The lowest BCUT2D eigenvalue weighted by molar-refractivity contribution is 0.415. The van der Waals surface area contributed by atoms with Crippen LogP contribution in [0.25, 0.3) is 11.0 Å². The van der Waals surface area contributed by atoms with Gasteiger partial charge in [-0.25, -0.2) is 4.98 Å². The summed E-state index contributed by atoms with van der Waals surface area (Å²) >= 11 is 0. The molecular formula is C18H21N3O. The van der Waals surface area contributed by atoms with Crippen LogP contribution in [0.2, 0.25) is 0 Å². The molecule has 4 nitrogen and oxygen atoms in total. The number of nitrogens with zero attached hydrogens (tertiary/aromatic N) is 2. The van der Waals surface area contributed by atoms with E-state index in [9.17, 15) is 0 Å². The first-order valence-electron chi connectivity index (χ1n) is 7.56. The molecule has 0 saturated heterocycles. The van der Waals surface area contributed by atoms with Gasteiger partial charge in [0.1, 0.15) is 11.6 Å². The zero-order valence-corrected chi connectivity index (χ0v) is 13.0. The average Bonchev–Trinajstić information content (AvgIpc) is 2.93. The summed E-state index contributed by atoms with van der Waals surface area (Å²) in [4.78, 5) is 4.75. The van der Waals surface area contributed by atoms with Crippen molar-refractivity contribution in [3.8, 4) is 5.75 Å². The molecule has 0 fully saturated rings. The van der Waals surface area contributed by atoms with Gasteiger partial charge in [0.05, 0.1) is 24.2 Å². The van der Waals surface area contributed by atoms with Gasteiger partial charge in [0, 0.05) is 12.6 Å². The van der Waals surface area contributed by atoms with Crippen LogP contribution in [0.3, 0.4) is 0 Å². The second-order valence-corrected chi connectivity index (χ2v) is 5.37. The van der Waals surface area contributed by atoms with E-state index in [2.05, 4.69) is 23.6 Å². The van der Waals surface area contributed by atoms with Gasteiger partial charge in [-0.05, 0) is 31.0 Å². The molecule has 3 rings (SSSR count). The number of aryl methyl sites for hydroxylation is 1. The summed E-state index contributed by atoms with van der Waals surface area (Å²) in [5, 5.41) is 0. The van der Waals surface area contributed by atoms with E-state index in [1.807, 2.05) is 36.4 Å². The molecule has 1 heterocycles. The maximum Gasteiger partial charge on any atom is 0.127 e. The van der Waals surface area contributed by atoms with Crippen LogP contribution in [0.15, 0.2) is 48.5 Å². The standard InChI is InChI=1S/C18H21N3O/c1-3-21-17-10-9-14(22-2)12-16(17)20-18(21)15(19)11-13-7-5-4-6-8-13/h4-10,12,15H,3,11,19H2,1-2H3. The SMILES string of the molecule is CCn1c(C(N)Cc2ccccc2)nc2cc(OC)ccc21. The molecule has 0 saturated carbocycles. The molecule has 4 heteroatoms. The molecule has 3 aromatic rings. The van der Waals surface area contributed by atoms with Gasteiger partial charge in [-0.1, -0.05) is 30.3 Å². The van der Waals surface area contributed by atoms with E-state index in [1.165, 1.54) is 5.56 Å². The summed E-state index contributed by atoms with van der Waals surface area (Å²) in [7, 11) is 1.67. The summed E-state index contributed by atoms with van der Waals surface area (Å²) in [5.74, 6) is 1.74. The van der Waals surface area contributed by atoms with Crippen molar-refractivity contribution in [3.63, 3.8) is 0 Å². The highest BCUT2D eigenvalue weighted by atomic mass is 16.5. The number of nitrogens with two attached hydrogens (primary N) is 1. The van der Waals surface area contributed by atoms with Crippen molar-refractivity contribution in [2.45, 2.75) is 25.9 Å². The largest absolute Gasteiger partial charge is 0.497 e. The first-order chi connectivity index (χ1) is 10.7. The lowest BCUT2D eigenvalue weighted by atomic mass is 10.1. The smallest absolute Gasteiger partial charge is 0.127 e. The number of hydrogen-bond acceptors (Lipinski definition) is 3. The quantitative estimate of drug-likeness (QED) is 0.785. The highest BCUT2D eigenvalue weighted by molar-refractivity contribution is 5.78. The number of methoxy groups -OCH3 is 1. The molecule has 1 aromatic heterocycles. The average molecular weight is 295 g/mol. The molecule has 0 radical (unpaired) electrons. The van der Waals surface area contributed by atoms with Gasteiger partial charge in [0.25, 0.3) is 0 Å². The van der Waals surface area contributed by atoms with Crippen LogP contribution in [-0.2, 0) is 13.0 Å². The van der Waals surface area contributed by atoms with Crippen molar-refractivity contribution >= 4 is 11.0 Å². The Kier molecular flexibility index (Phi) is 4.11. The normalized spacial score (nSPS) is 12.5. The number of aromatic nitrogens is 2. The Morgan fingerprint density at radius 1 is 1.18 bits per heavy atom. The second kappa shape index (κ2) is 6.20. The Balaban J connectivity index is 1.98. The fraction of sp³-hybridized carbons (Fsp3) is 0.278. The highest BCUT2D eigenvalue weighted by Gasteiger charge is 2.17. The van der Waals surface area contributed by atoms with E-state index in [0.29, 0.717) is 0 Å². The molecule has 2 aromatic carbocycles. The monoisotopic (exact) mass is 295 g/mol. The number of benzene rings is 2. The van der Waals surface area contributed by atoms with E-state index >= 15 is 0 Å². The van der Waals surface area contributed by atoms with Crippen molar-refractivity contribution in [1.82, 2.24) is 9.55 Å². The van der Waals surface area contributed by atoms with Crippen LogP contribution in [0.1, 0.15) is 24.4 Å². The molecular weight excluding hydrogens is 274 g/mol. The molecule has 0 amide bonds. The molecule has 0 bridgehead atoms. The molecule has 2 N–H and O–H groups in total. The van der Waals surface area contributed by atoms with Crippen LogP contribution in [0.4, 0.5) is 0 Å². The summed E-state index contributed by atoms with van der Waals surface area (Å²) in [6.07, 6.45) is 0.779. The van der Waals surface area contributed by atoms with Crippen LogP contribution in [-0.4, -0.2) is 16.7 Å². The minimum atomic E-state index is -0.124. The number of hydrogen-bond donors (Lipinski definition) is 1. The van der Waals surface area contributed by atoms with Gasteiger partial charge in [-0.3, -0.25) is 0 Å². The van der Waals surface area contributed by atoms with Crippen molar-refractivity contribution in [2.75, 3.05) is 7.11 Å². The number of imidazole rings is 1. The molecule has 0 aliphatic heterocycles. The zero-order valence-electron chi connectivity index (χ0n) is 13.0. The van der Waals surface area contributed by atoms with E-state index in [1.54, 1.807) is 7.11 Å². The van der Waals surface area contributed by atoms with Crippen LogP contribution >= 0.6 is 0 Å². The zero-order chi connectivity index (χ0) is 15.5. The fourth-order valence-electron chi connectivity index (χ4n) is 2.83. The first kappa shape index (κ1) is 14.6. The Morgan fingerprint density at radius 3 is 2.64 bits per heavy atom. The lowest BCUT2D eigenvalue weighted by Gasteiger charge is -2.13. The lowest BCUT2D eigenvalue weighted by Crippen LogP contribution is -2.18. The van der Waals surface area contributed by atoms with E-state index in [-0.39, 0.29) is 6.04 Å². The second-order valence-electron chi connectivity index (χ2n) is 5.37. The van der Waals surface area contributed by atoms with Crippen LogP contribution in [0.5, 0.6) is 5.75 Å². The number of rotatable bonds is 5. The number of fused-ring (bicyclic) bond motifs is 1. The molecule has 22 heavy (non-hydrogen) atoms. The van der Waals surface area contributed by atoms with Crippen molar-refractivity contribution in [1.29, 1.82) is 0 Å². The van der Waals surface area contributed by atoms with Crippen molar-refractivity contribution in [2.24, 2.45) is 5.73 Å². The maximum atomic E-state index is 6.42. The fourth-order valence-corrected chi connectivity index (χ4v) is 2.83. The molecule has 114 valence electrons. The Labute approximate surface area is 130 Å². The van der Waals surface area contributed by atoms with Crippen molar-refractivity contribution in [3.05, 3.63) is 59.9 Å². The van der Waals surface area contributed by atoms with Gasteiger partial charge in [0.2, 0.25) is 0 Å².